The largest absolute Gasteiger partial charge is 0.385 e. The summed E-state index contributed by atoms with van der Waals surface area (Å²) in [5.41, 5.74) is 2.90. The highest BCUT2D eigenvalue weighted by molar-refractivity contribution is 5.62. The van der Waals surface area contributed by atoms with E-state index in [2.05, 4.69) is 27.6 Å². The molecule has 1 aliphatic rings. The number of aromatic amines is 2. The third-order valence-corrected chi connectivity index (χ3v) is 4.11. The number of aromatic nitrogens is 2. The van der Waals surface area contributed by atoms with Gasteiger partial charge in [-0.3, -0.25) is 15.0 Å². The summed E-state index contributed by atoms with van der Waals surface area (Å²) in [6.45, 7) is 1.07. The minimum atomic E-state index is -0.0977. The second-order valence-corrected chi connectivity index (χ2v) is 5.63. The Morgan fingerprint density at radius 3 is 2.45 bits per heavy atom. The lowest BCUT2D eigenvalue weighted by Gasteiger charge is -2.22. The topological polar surface area (TPSA) is 60.7 Å². The van der Waals surface area contributed by atoms with Gasteiger partial charge in [0.15, 0.2) is 0 Å². The molecule has 0 bridgehead atoms. The van der Waals surface area contributed by atoms with Gasteiger partial charge in [-0.2, -0.15) is 0 Å². The molecule has 3 N–H and O–H groups in total. The normalized spacial score (nSPS) is 16.2. The van der Waals surface area contributed by atoms with Crippen LogP contribution in [0, 0.1) is 5.92 Å². The van der Waals surface area contributed by atoms with Crippen molar-refractivity contribution in [1.29, 1.82) is 0 Å². The number of nitrogens with one attached hydrogen (secondary N) is 3. The fourth-order valence-corrected chi connectivity index (χ4v) is 2.91. The van der Waals surface area contributed by atoms with E-state index in [1.165, 1.54) is 32.1 Å². The van der Waals surface area contributed by atoms with Crippen molar-refractivity contribution in [2.75, 3.05) is 11.9 Å². The molecule has 106 valence electrons. The maximum Gasteiger partial charge on any atom is 0.264 e. The Morgan fingerprint density at radius 1 is 1.05 bits per heavy atom. The summed E-state index contributed by atoms with van der Waals surface area (Å²) < 4.78 is 0. The molecule has 0 spiro atoms. The van der Waals surface area contributed by atoms with Crippen LogP contribution in [0.5, 0.6) is 0 Å². The first-order valence-corrected chi connectivity index (χ1v) is 7.43. The van der Waals surface area contributed by atoms with Crippen molar-refractivity contribution in [2.45, 2.75) is 32.1 Å². The van der Waals surface area contributed by atoms with Crippen molar-refractivity contribution in [3.8, 4) is 11.3 Å². The van der Waals surface area contributed by atoms with Gasteiger partial charge in [0.25, 0.3) is 5.56 Å². The molecule has 1 aliphatic carbocycles. The molecule has 0 amide bonds. The second kappa shape index (κ2) is 5.99. The monoisotopic (exact) mass is 271 g/mol. The number of hydrogen-bond donors (Lipinski definition) is 3. The molecule has 20 heavy (non-hydrogen) atoms. The molecule has 3 rings (SSSR count). The quantitative estimate of drug-likeness (QED) is 0.798. The predicted octanol–water partition coefficient (Wildman–Crippen LogP) is 3.36. The first kappa shape index (κ1) is 13.0. The highest BCUT2D eigenvalue weighted by atomic mass is 16.1. The summed E-state index contributed by atoms with van der Waals surface area (Å²) in [5.74, 6) is 0.824. The number of anilines is 1. The lowest BCUT2D eigenvalue weighted by molar-refractivity contribution is 0.373. The fraction of sp³-hybridized carbons (Fsp3) is 0.438. The summed E-state index contributed by atoms with van der Waals surface area (Å²) in [5, 5.41) is 8.94. The van der Waals surface area contributed by atoms with Crippen LogP contribution in [-0.2, 0) is 0 Å². The van der Waals surface area contributed by atoms with Crippen LogP contribution in [0.4, 0.5) is 5.69 Å². The molecule has 2 aromatic rings. The Labute approximate surface area is 118 Å². The molecular formula is C16H21N3O. The van der Waals surface area contributed by atoms with Crippen molar-refractivity contribution in [2.24, 2.45) is 5.92 Å². The van der Waals surface area contributed by atoms with E-state index < -0.39 is 0 Å². The minimum absolute atomic E-state index is 0.0977. The first-order valence-electron chi connectivity index (χ1n) is 7.43. The van der Waals surface area contributed by atoms with Crippen LogP contribution < -0.4 is 10.9 Å². The van der Waals surface area contributed by atoms with Gasteiger partial charge in [-0.1, -0.05) is 31.4 Å². The van der Waals surface area contributed by atoms with Crippen LogP contribution >= 0.6 is 0 Å². The van der Waals surface area contributed by atoms with Crippen LogP contribution in [-0.4, -0.2) is 16.7 Å². The summed E-state index contributed by atoms with van der Waals surface area (Å²) in [6.07, 6.45) is 6.88. The van der Waals surface area contributed by atoms with E-state index in [0.717, 1.165) is 29.4 Å². The predicted molar refractivity (Wildman–Crippen MR) is 81.9 cm³/mol. The Kier molecular flexibility index (Phi) is 3.90. The van der Waals surface area contributed by atoms with Crippen LogP contribution in [0.3, 0.4) is 0 Å². The van der Waals surface area contributed by atoms with E-state index in [1.54, 1.807) is 6.07 Å². The number of rotatable bonds is 4. The molecule has 0 atom stereocenters. The first-order chi connectivity index (χ1) is 9.81. The number of hydrogen-bond acceptors (Lipinski definition) is 2. The average Bonchev–Trinajstić information content (AvgIpc) is 2.93. The van der Waals surface area contributed by atoms with E-state index in [1.807, 2.05) is 12.1 Å². The zero-order valence-corrected chi connectivity index (χ0v) is 11.6. The molecule has 4 heteroatoms. The summed E-state index contributed by atoms with van der Waals surface area (Å²) in [6, 6.07) is 9.78. The lowest BCUT2D eigenvalue weighted by Crippen LogP contribution is -2.16. The summed E-state index contributed by atoms with van der Waals surface area (Å²) in [7, 11) is 0. The van der Waals surface area contributed by atoms with Gasteiger partial charge in [0.1, 0.15) is 0 Å². The van der Waals surface area contributed by atoms with E-state index in [9.17, 15) is 4.79 Å². The van der Waals surface area contributed by atoms with E-state index in [4.69, 9.17) is 0 Å². The maximum absolute atomic E-state index is 11.1. The van der Waals surface area contributed by atoms with Crippen LogP contribution in [0.2, 0.25) is 0 Å². The van der Waals surface area contributed by atoms with Gasteiger partial charge in [0.2, 0.25) is 0 Å². The molecule has 0 aliphatic heterocycles. The minimum Gasteiger partial charge on any atom is -0.385 e. The van der Waals surface area contributed by atoms with Gasteiger partial charge in [-0.15, -0.1) is 0 Å². The summed E-state index contributed by atoms with van der Waals surface area (Å²) in [4.78, 5) is 11.1. The highest BCUT2D eigenvalue weighted by Gasteiger charge is 2.12. The van der Waals surface area contributed by atoms with Crippen LogP contribution in [0.1, 0.15) is 32.1 Å². The van der Waals surface area contributed by atoms with Gasteiger partial charge in [0.05, 0.1) is 5.69 Å². The highest BCUT2D eigenvalue weighted by Crippen LogP contribution is 2.24. The molecule has 1 aromatic heterocycles. The number of benzene rings is 1. The smallest absolute Gasteiger partial charge is 0.264 e. The fourth-order valence-electron chi connectivity index (χ4n) is 2.91. The zero-order valence-electron chi connectivity index (χ0n) is 11.6. The average molecular weight is 271 g/mol. The third-order valence-electron chi connectivity index (χ3n) is 4.11. The third kappa shape index (κ3) is 3.13. The molecule has 0 radical (unpaired) electrons. The van der Waals surface area contributed by atoms with Gasteiger partial charge >= 0.3 is 0 Å². The van der Waals surface area contributed by atoms with Crippen molar-refractivity contribution in [3.63, 3.8) is 0 Å². The Morgan fingerprint density at radius 2 is 1.80 bits per heavy atom. The molecule has 1 heterocycles. The van der Waals surface area contributed by atoms with Crippen molar-refractivity contribution in [1.82, 2.24) is 10.2 Å². The molecule has 1 fully saturated rings. The SMILES string of the molecule is O=c1cc(-c2ccc(NCC3CCCCC3)cc2)[nH][nH]1. The van der Waals surface area contributed by atoms with Gasteiger partial charge in [-0.25, -0.2) is 0 Å². The van der Waals surface area contributed by atoms with E-state index in [-0.39, 0.29) is 5.56 Å². The van der Waals surface area contributed by atoms with Crippen molar-refractivity contribution in [3.05, 3.63) is 40.7 Å². The Balaban J connectivity index is 1.59. The van der Waals surface area contributed by atoms with Crippen molar-refractivity contribution >= 4 is 5.69 Å². The van der Waals surface area contributed by atoms with Gasteiger partial charge in [-0.05, 0) is 36.5 Å². The van der Waals surface area contributed by atoms with Gasteiger partial charge < -0.3 is 5.32 Å². The molecule has 4 nitrogen and oxygen atoms in total. The standard InChI is InChI=1S/C16H21N3O/c20-16-10-15(18-19-16)13-6-8-14(9-7-13)17-11-12-4-2-1-3-5-12/h6-10,12,17H,1-5,11H2,(H2,18,19,20). The van der Waals surface area contributed by atoms with Crippen LogP contribution in [0.25, 0.3) is 11.3 Å². The summed E-state index contributed by atoms with van der Waals surface area (Å²) >= 11 is 0. The van der Waals surface area contributed by atoms with Crippen LogP contribution in [0.15, 0.2) is 35.1 Å². The molecule has 1 aromatic carbocycles. The van der Waals surface area contributed by atoms with Crippen molar-refractivity contribution < 1.29 is 0 Å². The molecular weight excluding hydrogens is 250 g/mol. The van der Waals surface area contributed by atoms with Gasteiger partial charge in [0, 0.05) is 18.3 Å². The second-order valence-electron chi connectivity index (χ2n) is 5.63. The molecule has 0 saturated heterocycles. The molecule has 0 unspecified atom stereocenters. The zero-order chi connectivity index (χ0) is 13.8. The maximum atomic E-state index is 11.1. The Bertz CT molecular complexity index is 591. The van der Waals surface area contributed by atoms with E-state index in [0.29, 0.717) is 0 Å². The number of H-pyrrole nitrogens is 2. The van der Waals surface area contributed by atoms with E-state index >= 15 is 0 Å². The Hall–Kier alpha value is -1.97. The molecule has 1 saturated carbocycles. The lowest BCUT2D eigenvalue weighted by atomic mass is 9.89.